The van der Waals surface area contributed by atoms with E-state index in [9.17, 15) is 0 Å². The Hall–Kier alpha value is -2.86. The molecule has 2 aliphatic rings. The molecule has 0 unspecified atom stereocenters. The highest BCUT2D eigenvalue weighted by Gasteiger charge is 2.53. The van der Waals surface area contributed by atoms with Crippen LogP contribution in [-0.4, -0.2) is 23.3 Å². The maximum Gasteiger partial charge on any atom is 0.497 e. The van der Waals surface area contributed by atoms with Crippen molar-refractivity contribution >= 4 is 77.8 Å². The van der Waals surface area contributed by atoms with Gasteiger partial charge in [-0.05, 0) is 52.0 Å². The van der Waals surface area contributed by atoms with E-state index in [2.05, 4.69) is 88.4 Å². The van der Waals surface area contributed by atoms with Crippen LogP contribution in [0.25, 0.3) is 53.1 Å². The quantitative estimate of drug-likeness (QED) is 0.189. The van der Waals surface area contributed by atoms with Crippen molar-refractivity contribution in [3.8, 4) is 10.6 Å². The molecule has 1 aliphatic carbocycles. The van der Waals surface area contributed by atoms with Gasteiger partial charge in [0.05, 0.1) is 38.6 Å². The SMILES string of the molecule is CC1(C)OB(c2c3sc(-c4ccc5c(c4)C=C[C+]=C5)nc3cc3c2sc2ccccc23)OC1(C)C. The van der Waals surface area contributed by atoms with Crippen LogP contribution in [0.5, 0.6) is 0 Å². The largest absolute Gasteiger partial charge is 0.497 e. The van der Waals surface area contributed by atoms with E-state index in [4.69, 9.17) is 14.3 Å². The standard InChI is InChI=1S/C29H23BNO2S2/c1-28(2)29(3,4)33-30(32-28)24-25-21(20-11-7-8-12-23(20)34-25)16-22-26(24)35-27(31-22)19-14-13-17-9-5-6-10-18(17)15-19/h6-16H,1-4H3/q+1. The summed E-state index contributed by atoms with van der Waals surface area (Å²) in [6.45, 7) is 8.44. The second-order valence-electron chi connectivity index (χ2n) is 10.2. The fourth-order valence-corrected chi connectivity index (χ4v) is 7.23. The monoisotopic (exact) mass is 492 g/mol. The molecule has 0 spiro atoms. The molecule has 1 fully saturated rings. The van der Waals surface area contributed by atoms with Crippen LogP contribution in [0.2, 0.25) is 0 Å². The van der Waals surface area contributed by atoms with E-state index < -0.39 is 18.3 Å². The van der Waals surface area contributed by atoms with Crippen molar-refractivity contribution in [1.29, 1.82) is 0 Å². The van der Waals surface area contributed by atoms with Crippen LogP contribution in [-0.2, 0) is 9.31 Å². The summed E-state index contributed by atoms with van der Waals surface area (Å²) >= 11 is 3.54. The second-order valence-corrected chi connectivity index (χ2v) is 12.3. The molecule has 0 radical (unpaired) electrons. The first-order chi connectivity index (χ1) is 16.8. The molecule has 6 heteroatoms. The predicted molar refractivity (Wildman–Crippen MR) is 150 cm³/mol. The Morgan fingerprint density at radius 3 is 2.49 bits per heavy atom. The lowest BCUT2D eigenvalue weighted by Gasteiger charge is -2.32. The van der Waals surface area contributed by atoms with Gasteiger partial charge >= 0.3 is 7.12 Å². The Labute approximate surface area is 212 Å². The van der Waals surface area contributed by atoms with Gasteiger partial charge in [0, 0.05) is 43.3 Å². The van der Waals surface area contributed by atoms with Gasteiger partial charge < -0.3 is 9.31 Å². The van der Waals surface area contributed by atoms with Gasteiger partial charge in [-0.1, -0.05) is 18.2 Å². The molecule has 170 valence electrons. The molecule has 3 heterocycles. The number of fused-ring (bicyclic) bond motifs is 5. The van der Waals surface area contributed by atoms with Gasteiger partial charge in [0.15, 0.2) is 0 Å². The summed E-state index contributed by atoms with van der Waals surface area (Å²) in [5.41, 5.74) is 4.78. The number of benzene rings is 3. The zero-order valence-electron chi connectivity index (χ0n) is 20.0. The average molecular weight is 492 g/mol. The van der Waals surface area contributed by atoms with Gasteiger partial charge in [-0.25, -0.2) is 4.98 Å². The number of hydrogen-bond donors (Lipinski definition) is 0. The van der Waals surface area contributed by atoms with Crippen molar-refractivity contribution < 1.29 is 9.31 Å². The molecule has 5 aromatic rings. The van der Waals surface area contributed by atoms with Crippen LogP contribution in [0.1, 0.15) is 38.8 Å². The van der Waals surface area contributed by atoms with Gasteiger partial charge in [0.2, 0.25) is 0 Å². The number of hydrogen-bond acceptors (Lipinski definition) is 5. The molecule has 0 atom stereocenters. The zero-order valence-corrected chi connectivity index (χ0v) is 21.6. The van der Waals surface area contributed by atoms with Crippen LogP contribution in [0.4, 0.5) is 0 Å². The van der Waals surface area contributed by atoms with Crippen molar-refractivity contribution in [3.05, 3.63) is 71.8 Å². The van der Waals surface area contributed by atoms with Crippen LogP contribution < -0.4 is 5.46 Å². The lowest BCUT2D eigenvalue weighted by molar-refractivity contribution is 0.00578. The number of thiophene rings is 1. The second kappa shape index (κ2) is 7.33. The summed E-state index contributed by atoms with van der Waals surface area (Å²) in [5.74, 6) is 0. The van der Waals surface area contributed by atoms with Crippen LogP contribution in [0.3, 0.4) is 0 Å². The minimum absolute atomic E-state index is 0.411. The highest BCUT2D eigenvalue weighted by atomic mass is 32.1. The summed E-state index contributed by atoms with van der Waals surface area (Å²) in [6.07, 6.45) is 9.24. The lowest BCUT2D eigenvalue weighted by atomic mass is 9.78. The number of allylic oxidation sites excluding steroid dienone is 2. The molecule has 0 N–H and O–H groups in total. The molecule has 7 rings (SSSR count). The molecule has 0 amide bonds. The minimum Gasteiger partial charge on any atom is -0.399 e. The summed E-state index contributed by atoms with van der Waals surface area (Å²) in [6, 6.07) is 17.3. The van der Waals surface area contributed by atoms with Gasteiger partial charge in [-0.15, -0.1) is 22.7 Å². The fraction of sp³-hybridized carbons (Fsp3) is 0.207. The minimum atomic E-state index is -0.445. The van der Waals surface area contributed by atoms with E-state index in [0.29, 0.717) is 0 Å². The highest BCUT2D eigenvalue weighted by Crippen LogP contribution is 2.42. The molecule has 3 nitrogen and oxygen atoms in total. The van der Waals surface area contributed by atoms with E-state index in [1.807, 2.05) is 23.5 Å². The molecule has 0 saturated carbocycles. The van der Waals surface area contributed by atoms with Gasteiger partial charge in [0.25, 0.3) is 0 Å². The summed E-state index contributed by atoms with van der Waals surface area (Å²) in [7, 11) is -0.445. The molecule has 2 aromatic heterocycles. The fourth-order valence-electron chi connectivity index (χ4n) is 4.83. The Bertz CT molecular complexity index is 1710. The van der Waals surface area contributed by atoms with Gasteiger partial charge in [-0.2, -0.15) is 0 Å². The maximum absolute atomic E-state index is 6.59. The van der Waals surface area contributed by atoms with Crippen LogP contribution >= 0.6 is 22.7 Å². The van der Waals surface area contributed by atoms with E-state index in [0.717, 1.165) is 26.3 Å². The number of rotatable bonds is 2. The molecule has 1 aliphatic heterocycles. The smallest absolute Gasteiger partial charge is 0.399 e. The third-order valence-corrected chi connectivity index (χ3v) is 9.85. The van der Waals surface area contributed by atoms with Crippen molar-refractivity contribution in [2.24, 2.45) is 0 Å². The van der Waals surface area contributed by atoms with Gasteiger partial charge in [0.1, 0.15) is 17.2 Å². The van der Waals surface area contributed by atoms with E-state index in [-0.39, 0.29) is 0 Å². The Morgan fingerprint density at radius 1 is 0.857 bits per heavy atom. The molecule has 0 bridgehead atoms. The van der Waals surface area contributed by atoms with E-state index in [1.165, 1.54) is 31.3 Å². The van der Waals surface area contributed by atoms with E-state index >= 15 is 0 Å². The third kappa shape index (κ3) is 3.18. The third-order valence-electron chi connectivity index (χ3n) is 7.48. The number of thiazole rings is 1. The van der Waals surface area contributed by atoms with Crippen LogP contribution in [0.15, 0.2) is 54.6 Å². The number of nitrogens with zero attached hydrogens (tertiary/aromatic N) is 1. The molecular weight excluding hydrogens is 469 g/mol. The van der Waals surface area contributed by atoms with Crippen molar-refractivity contribution in [2.45, 2.75) is 38.9 Å². The van der Waals surface area contributed by atoms with Crippen molar-refractivity contribution in [1.82, 2.24) is 4.98 Å². The zero-order chi connectivity index (χ0) is 23.9. The Balaban J connectivity index is 1.49. The van der Waals surface area contributed by atoms with Crippen molar-refractivity contribution in [3.63, 3.8) is 0 Å². The predicted octanol–water partition coefficient (Wildman–Crippen LogP) is 7.47. The molecular formula is C29H23BNO2S2+. The number of aromatic nitrogens is 1. The topological polar surface area (TPSA) is 31.4 Å². The average Bonchev–Trinajstić information content (AvgIpc) is 3.48. The summed E-state index contributed by atoms with van der Waals surface area (Å²) < 4.78 is 16.8. The summed E-state index contributed by atoms with van der Waals surface area (Å²) in [5, 5.41) is 3.48. The van der Waals surface area contributed by atoms with Crippen LogP contribution in [0, 0.1) is 6.08 Å². The normalized spacial score (nSPS) is 18.0. The summed E-state index contributed by atoms with van der Waals surface area (Å²) in [4.78, 5) is 5.14. The van der Waals surface area contributed by atoms with E-state index in [1.54, 1.807) is 11.3 Å². The molecule has 3 aromatic carbocycles. The lowest BCUT2D eigenvalue weighted by Crippen LogP contribution is -2.41. The first-order valence-corrected chi connectivity index (χ1v) is 13.4. The first-order valence-electron chi connectivity index (χ1n) is 11.8. The molecule has 35 heavy (non-hydrogen) atoms. The first kappa shape index (κ1) is 21.4. The highest BCUT2D eigenvalue weighted by molar-refractivity contribution is 7.29. The molecule has 1 saturated heterocycles. The van der Waals surface area contributed by atoms with Gasteiger partial charge in [-0.3, -0.25) is 0 Å². The maximum atomic E-state index is 6.59. The van der Waals surface area contributed by atoms with Crippen molar-refractivity contribution in [2.75, 3.05) is 0 Å². The Kier molecular flexibility index (Phi) is 4.49. The Morgan fingerprint density at radius 2 is 1.66 bits per heavy atom.